The zero-order valence-corrected chi connectivity index (χ0v) is 27.6. The molecule has 0 amide bonds. The SMILES string of the molecule is O=C1CC(c2ccccc2)Oc2c(Cc3cc(Cc4cc(Cc5ccccc5O)ccc4O)ccc3O)c(O)c(Cc3ccccc3O)c(O)c21. The number of carbonyl (C=O) groups excluding carboxylic acids is 1. The van der Waals surface area contributed by atoms with Crippen LogP contribution in [0.5, 0.6) is 40.2 Å². The van der Waals surface area contributed by atoms with Crippen molar-refractivity contribution in [2.45, 2.75) is 38.2 Å². The van der Waals surface area contributed by atoms with E-state index in [2.05, 4.69) is 0 Å². The molecule has 0 spiro atoms. The van der Waals surface area contributed by atoms with Gasteiger partial charge in [0.1, 0.15) is 51.9 Å². The van der Waals surface area contributed by atoms with Crippen molar-refractivity contribution in [1.29, 1.82) is 0 Å². The number of hydrogen-bond donors (Lipinski definition) is 6. The first-order chi connectivity index (χ1) is 24.7. The van der Waals surface area contributed by atoms with Gasteiger partial charge in [0.25, 0.3) is 0 Å². The molecule has 6 aromatic rings. The summed E-state index contributed by atoms with van der Waals surface area (Å²) in [5.74, 6) is -0.835. The molecule has 7 rings (SSSR count). The highest BCUT2D eigenvalue weighted by Crippen LogP contribution is 2.50. The van der Waals surface area contributed by atoms with Gasteiger partial charge in [0.15, 0.2) is 5.78 Å². The van der Waals surface area contributed by atoms with Crippen LogP contribution in [0.25, 0.3) is 0 Å². The lowest BCUT2D eigenvalue weighted by Crippen LogP contribution is -2.22. The molecule has 0 radical (unpaired) electrons. The molecule has 6 N–H and O–H groups in total. The van der Waals surface area contributed by atoms with Crippen molar-refractivity contribution in [2.24, 2.45) is 0 Å². The lowest BCUT2D eigenvalue weighted by atomic mass is 9.87. The van der Waals surface area contributed by atoms with E-state index in [9.17, 15) is 35.4 Å². The van der Waals surface area contributed by atoms with Crippen LogP contribution in [0, 0.1) is 0 Å². The number of Topliss-reactive ketones (excluding diaryl/α,β-unsaturated/α-hetero) is 1. The standard InChI is InChI=1S/C43H36O8/c44-34-12-6-4-10-28(34)18-25-14-16-36(46)30(19-25)20-26-15-17-37(47)31(21-26)23-33-41(49)32(22-29-11-5-7-13-35(29)45)42(50)40-38(48)24-39(51-43(33)40)27-8-2-1-3-9-27/h1-17,19,21,39,44-47,49-50H,18,20,22-24H2. The molecule has 6 aromatic carbocycles. The number of para-hydroxylation sites is 2. The second-order valence-corrected chi connectivity index (χ2v) is 12.9. The van der Waals surface area contributed by atoms with Gasteiger partial charge in [-0.15, -0.1) is 0 Å². The number of carbonyl (C=O) groups is 1. The van der Waals surface area contributed by atoms with Gasteiger partial charge in [0, 0.05) is 36.8 Å². The van der Waals surface area contributed by atoms with E-state index in [4.69, 9.17) is 4.74 Å². The fourth-order valence-electron chi connectivity index (χ4n) is 6.76. The number of fused-ring (bicyclic) bond motifs is 1. The molecule has 0 aliphatic carbocycles. The normalized spacial score (nSPS) is 13.8. The average molecular weight is 681 g/mol. The maximum absolute atomic E-state index is 13.7. The van der Waals surface area contributed by atoms with Crippen molar-refractivity contribution in [3.05, 3.63) is 171 Å². The van der Waals surface area contributed by atoms with E-state index in [1.165, 1.54) is 6.07 Å². The first-order valence-electron chi connectivity index (χ1n) is 16.7. The molecule has 8 heteroatoms. The number of aromatic hydroxyl groups is 6. The topological polar surface area (TPSA) is 148 Å². The van der Waals surface area contributed by atoms with Crippen molar-refractivity contribution in [2.75, 3.05) is 0 Å². The van der Waals surface area contributed by atoms with E-state index in [0.717, 1.165) is 22.3 Å². The molecule has 0 fully saturated rings. The van der Waals surface area contributed by atoms with Crippen LogP contribution in [0.15, 0.2) is 115 Å². The highest BCUT2D eigenvalue weighted by atomic mass is 16.5. The molecule has 0 aromatic heterocycles. The van der Waals surface area contributed by atoms with Gasteiger partial charge in [-0.05, 0) is 63.2 Å². The number of ether oxygens (including phenoxy) is 1. The van der Waals surface area contributed by atoms with E-state index in [0.29, 0.717) is 29.5 Å². The Balaban J connectivity index is 1.27. The molecule has 1 aliphatic heterocycles. The number of phenolic OH excluding ortho intramolecular Hbond substituents is 6. The summed E-state index contributed by atoms with van der Waals surface area (Å²) >= 11 is 0. The Morgan fingerprint density at radius 3 is 1.61 bits per heavy atom. The fourth-order valence-corrected chi connectivity index (χ4v) is 6.76. The number of phenols is 6. The van der Waals surface area contributed by atoms with Gasteiger partial charge < -0.3 is 35.4 Å². The van der Waals surface area contributed by atoms with E-state index >= 15 is 0 Å². The molecule has 51 heavy (non-hydrogen) atoms. The van der Waals surface area contributed by atoms with Crippen molar-refractivity contribution >= 4 is 5.78 Å². The average Bonchev–Trinajstić information content (AvgIpc) is 3.13. The van der Waals surface area contributed by atoms with Gasteiger partial charge >= 0.3 is 0 Å². The summed E-state index contributed by atoms with van der Waals surface area (Å²) in [5.41, 5.74) is 4.90. The molecular formula is C43H36O8. The molecule has 1 atom stereocenters. The van der Waals surface area contributed by atoms with E-state index in [1.807, 2.05) is 48.5 Å². The summed E-state index contributed by atoms with van der Waals surface area (Å²) in [5, 5.41) is 65.9. The third-order valence-electron chi connectivity index (χ3n) is 9.47. The Hall–Kier alpha value is -6.41. The molecule has 1 unspecified atom stereocenters. The monoisotopic (exact) mass is 680 g/mol. The van der Waals surface area contributed by atoms with E-state index in [-0.39, 0.29) is 76.2 Å². The van der Waals surface area contributed by atoms with Crippen LogP contribution in [0.2, 0.25) is 0 Å². The van der Waals surface area contributed by atoms with Gasteiger partial charge in [-0.1, -0.05) is 91.0 Å². The van der Waals surface area contributed by atoms with Crippen LogP contribution < -0.4 is 4.74 Å². The molecule has 1 heterocycles. The maximum atomic E-state index is 13.7. The maximum Gasteiger partial charge on any atom is 0.174 e. The Bertz CT molecular complexity index is 2260. The molecule has 0 saturated carbocycles. The van der Waals surface area contributed by atoms with Gasteiger partial charge in [-0.3, -0.25) is 4.79 Å². The number of ketones is 1. The van der Waals surface area contributed by atoms with Crippen LogP contribution >= 0.6 is 0 Å². The molecule has 0 bridgehead atoms. The number of hydrogen-bond acceptors (Lipinski definition) is 8. The van der Waals surface area contributed by atoms with Crippen LogP contribution in [0.4, 0.5) is 0 Å². The second kappa shape index (κ2) is 13.8. The van der Waals surface area contributed by atoms with Gasteiger partial charge in [-0.25, -0.2) is 0 Å². The Morgan fingerprint density at radius 2 is 1.00 bits per heavy atom. The predicted molar refractivity (Wildman–Crippen MR) is 192 cm³/mol. The Labute approximate surface area is 294 Å². The summed E-state index contributed by atoms with van der Waals surface area (Å²) in [6.07, 6.45) is -0.0358. The van der Waals surface area contributed by atoms with Crippen molar-refractivity contribution < 1.29 is 40.2 Å². The predicted octanol–water partition coefficient (Wildman–Crippen LogP) is 7.99. The van der Waals surface area contributed by atoms with Crippen molar-refractivity contribution in [1.82, 2.24) is 0 Å². The van der Waals surface area contributed by atoms with Crippen LogP contribution in [0.3, 0.4) is 0 Å². The zero-order chi connectivity index (χ0) is 35.6. The lowest BCUT2D eigenvalue weighted by molar-refractivity contribution is 0.0842. The van der Waals surface area contributed by atoms with Gasteiger partial charge in [0.2, 0.25) is 0 Å². The highest BCUT2D eigenvalue weighted by Gasteiger charge is 2.36. The lowest BCUT2D eigenvalue weighted by Gasteiger charge is -2.30. The van der Waals surface area contributed by atoms with Crippen molar-refractivity contribution in [3.63, 3.8) is 0 Å². The molecular weight excluding hydrogens is 644 g/mol. The van der Waals surface area contributed by atoms with Crippen LogP contribution in [0.1, 0.15) is 73.0 Å². The van der Waals surface area contributed by atoms with Crippen molar-refractivity contribution in [3.8, 4) is 40.2 Å². The minimum atomic E-state index is -0.666. The Kier molecular flexibility index (Phi) is 8.98. The fraction of sp³-hybridized carbons (Fsp3) is 0.140. The number of benzene rings is 6. The van der Waals surface area contributed by atoms with Crippen LogP contribution in [-0.4, -0.2) is 36.4 Å². The smallest absolute Gasteiger partial charge is 0.174 e. The van der Waals surface area contributed by atoms with Gasteiger partial charge in [-0.2, -0.15) is 0 Å². The largest absolute Gasteiger partial charge is 0.508 e. The molecule has 256 valence electrons. The summed E-state index contributed by atoms with van der Waals surface area (Å²) in [7, 11) is 0. The van der Waals surface area contributed by atoms with Gasteiger partial charge in [0.05, 0.1) is 6.42 Å². The quantitative estimate of drug-likeness (QED) is 0.0901. The number of rotatable bonds is 9. The minimum absolute atomic E-state index is 0.0273. The van der Waals surface area contributed by atoms with E-state index < -0.39 is 11.9 Å². The second-order valence-electron chi connectivity index (χ2n) is 12.9. The van der Waals surface area contributed by atoms with Crippen LogP contribution in [-0.2, 0) is 25.7 Å². The first kappa shape index (κ1) is 33.1. The highest BCUT2D eigenvalue weighted by molar-refractivity contribution is 6.04. The Morgan fingerprint density at radius 1 is 0.510 bits per heavy atom. The molecule has 1 aliphatic rings. The summed E-state index contributed by atoms with van der Waals surface area (Å²) in [6, 6.07) is 33.2. The zero-order valence-electron chi connectivity index (χ0n) is 27.6. The first-order valence-corrected chi connectivity index (χ1v) is 16.7. The van der Waals surface area contributed by atoms with E-state index in [1.54, 1.807) is 60.7 Å². The summed E-state index contributed by atoms with van der Waals surface area (Å²) < 4.78 is 6.41. The molecule has 8 nitrogen and oxygen atoms in total. The summed E-state index contributed by atoms with van der Waals surface area (Å²) in [4.78, 5) is 13.7. The molecule has 0 saturated heterocycles. The minimum Gasteiger partial charge on any atom is -0.508 e. The third kappa shape index (κ3) is 6.76. The third-order valence-corrected chi connectivity index (χ3v) is 9.47. The summed E-state index contributed by atoms with van der Waals surface area (Å²) in [6.45, 7) is 0.